The monoisotopic (exact) mass is 263 g/mol. The van der Waals surface area contributed by atoms with Gasteiger partial charge in [0.15, 0.2) is 5.96 Å². The Hall–Kier alpha value is -1.55. The summed E-state index contributed by atoms with van der Waals surface area (Å²) in [6.07, 6.45) is 0. The smallest absolute Gasteiger partial charge is 0.191 e. The van der Waals surface area contributed by atoms with Gasteiger partial charge in [-0.3, -0.25) is 0 Å². The molecule has 0 radical (unpaired) electrons. The molecule has 0 aliphatic carbocycles. The van der Waals surface area contributed by atoms with Crippen molar-refractivity contribution in [2.75, 3.05) is 0 Å². The maximum atomic E-state index is 5.37. The van der Waals surface area contributed by atoms with Gasteiger partial charge in [-0.05, 0) is 17.5 Å². The molecule has 0 bridgehead atoms. The van der Waals surface area contributed by atoms with Gasteiger partial charge in [-0.1, -0.05) is 40.2 Å². The topological polar surface area (TPSA) is 64.4 Å². The van der Waals surface area contributed by atoms with Crippen LogP contribution >= 0.6 is 15.9 Å². The van der Waals surface area contributed by atoms with Gasteiger partial charge in [-0.15, -0.1) is 0 Å². The number of benzene rings is 2. The minimum absolute atomic E-state index is 0.0717. The van der Waals surface area contributed by atoms with E-state index in [2.05, 4.69) is 20.9 Å². The molecule has 4 heteroatoms. The van der Waals surface area contributed by atoms with E-state index in [0.29, 0.717) is 0 Å². The standard InChI is InChI=1S/C11H10BrN3/c12-9-5-1-4-8-7(9)3-2-6-10(8)15-11(13)14/h1-6H,(H4,13,14,15). The fourth-order valence-electron chi connectivity index (χ4n) is 1.49. The van der Waals surface area contributed by atoms with Crippen molar-refractivity contribution in [1.82, 2.24) is 0 Å². The normalized spacial score (nSPS) is 10.2. The number of fused-ring (bicyclic) bond motifs is 1. The average molecular weight is 264 g/mol. The molecule has 0 heterocycles. The summed E-state index contributed by atoms with van der Waals surface area (Å²) in [6.45, 7) is 0. The van der Waals surface area contributed by atoms with Crippen molar-refractivity contribution in [2.45, 2.75) is 0 Å². The van der Waals surface area contributed by atoms with Crippen LogP contribution in [0.15, 0.2) is 45.9 Å². The van der Waals surface area contributed by atoms with Crippen LogP contribution in [0, 0.1) is 0 Å². The van der Waals surface area contributed by atoms with Crippen LogP contribution in [-0.2, 0) is 0 Å². The number of hydrogen-bond acceptors (Lipinski definition) is 1. The van der Waals surface area contributed by atoms with E-state index in [1.165, 1.54) is 0 Å². The average Bonchev–Trinajstić information content (AvgIpc) is 2.19. The largest absolute Gasteiger partial charge is 0.370 e. The summed E-state index contributed by atoms with van der Waals surface area (Å²) in [5.74, 6) is 0.0717. The molecular weight excluding hydrogens is 254 g/mol. The first-order valence-electron chi connectivity index (χ1n) is 4.45. The van der Waals surface area contributed by atoms with Gasteiger partial charge in [0.2, 0.25) is 0 Å². The van der Waals surface area contributed by atoms with Crippen LogP contribution in [0.5, 0.6) is 0 Å². The third kappa shape index (κ3) is 1.94. The lowest BCUT2D eigenvalue weighted by molar-refractivity contribution is 1.44. The summed E-state index contributed by atoms with van der Waals surface area (Å²) in [4.78, 5) is 4.08. The van der Waals surface area contributed by atoms with Gasteiger partial charge in [-0.25, -0.2) is 4.99 Å². The van der Waals surface area contributed by atoms with E-state index < -0.39 is 0 Å². The molecule has 0 aromatic heterocycles. The molecule has 0 unspecified atom stereocenters. The number of hydrogen-bond donors (Lipinski definition) is 2. The molecule has 0 fully saturated rings. The predicted octanol–water partition coefficient (Wildman–Crippen LogP) is 2.51. The Morgan fingerprint density at radius 3 is 2.40 bits per heavy atom. The Bertz CT molecular complexity index is 530. The SMILES string of the molecule is NC(N)=Nc1cccc2c(Br)cccc12. The molecule has 2 aromatic rings. The van der Waals surface area contributed by atoms with Gasteiger partial charge in [0.25, 0.3) is 0 Å². The number of nitrogens with two attached hydrogens (primary N) is 2. The van der Waals surface area contributed by atoms with Crippen molar-refractivity contribution in [1.29, 1.82) is 0 Å². The summed E-state index contributed by atoms with van der Waals surface area (Å²) < 4.78 is 1.03. The molecule has 76 valence electrons. The lowest BCUT2D eigenvalue weighted by Gasteiger charge is -2.03. The minimum atomic E-state index is 0.0717. The van der Waals surface area contributed by atoms with Crippen molar-refractivity contribution in [2.24, 2.45) is 16.5 Å². The first kappa shape index (κ1) is 9.98. The van der Waals surface area contributed by atoms with Crippen LogP contribution in [0.1, 0.15) is 0 Å². The molecule has 3 nitrogen and oxygen atoms in total. The van der Waals surface area contributed by atoms with Crippen LogP contribution < -0.4 is 11.5 Å². The second-order valence-corrected chi connectivity index (χ2v) is 4.00. The second-order valence-electron chi connectivity index (χ2n) is 3.15. The van der Waals surface area contributed by atoms with E-state index >= 15 is 0 Å². The van der Waals surface area contributed by atoms with Crippen LogP contribution in [0.2, 0.25) is 0 Å². The highest BCUT2D eigenvalue weighted by Gasteiger charge is 2.01. The quantitative estimate of drug-likeness (QED) is 0.614. The van der Waals surface area contributed by atoms with Crippen LogP contribution in [-0.4, -0.2) is 5.96 Å². The van der Waals surface area contributed by atoms with Gasteiger partial charge in [-0.2, -0.15) is 0 Å². The highest BCUT2D eigenvalue weighted by Crippen LogP contribution is 2.30. The zero-order chi connectivity index (χ0) is 10.8. The molecule has 0 saturated heterocycles. The van der Waals surface area contributed by atoms with Crippen molar-refractivity contribution < 1.29 is 0 Å². The molecule has 0 aliphatic rings. The Balaban J connectivity index is 2.77. The number of halogens is 1. The van der Waals surface area contributed by atoms with Gasteiger partial charge in [0.1, 0.15) is 0 Å². The van der Waals surface area contributed by atoms with E-state index in [9.17, 15) is 0 Å². The highest BCUT2D eigenvalue weighted by molar-refractivity contribution is 9.10. The maximum absolute atomic E-state index is 5.37. The van der Waals surface area contributed by atoms with E-state index in [-0.39, 0.29) is 5.96 Å². The maximum Gasteiger partial charge on any atom is 0.191 e. The number of rotatable bonds is 1. The van der Waals surface area contributed by atoms with E-state index in [1.54, 1.807) is 0 Å². The van der Waals surface area contributed by atoms with Gasteiger partial charge >= 0.3 is 0 Å². The van der Waals surface area contributed by atoms with E-state index in [4.69, 9.17) is 11.5 Å². The van der Waals surface area contributed by atoms with Crippen molar-refractivity contribution in [3.63, 3.8) is 0 Å². The van der Waals surface area contributed by atoms with Crippen molar-refractivity contribution in [3.8, 4) is 0 Å². The molecular formula is C11H10BrN3. The van der Waals surface area contributed by atoms with Crippen LogP contribution in [0.25, 0.3) is 10.8 Å². The lowest BCUT2D eigenvalue weighted by Crippen LogP contribution is -2.21. The minimum Gasteiger partial charge on any atom is -0.370 e. The third-order valence-electron chi connectivity index (χ3n) is 2.10. The van der Waals surface area contributed by atoms with Crippen LogP contribution in [0.3, 0.4) is 0 Å². The van der Waals surface area contributed by atoms with Gasteiger partial charge in [0.05, 0.1) is 5.69 Å². The number of nitrogens with zero attached hydrogens (tertiary/aromatic N) is 1. The van der Waals surface area contributed by atoms with E-state index in [1.807, 2.05) is 36.4 Å². The predicted molar refractivity (Wildman–Crippen MR) is 67.1 cm³/mol. The number of guanidine groups is 1. The van der Waals surface area contributed by atoms with Gasteiger partial charge in [0, 0.05) is 9.86 Å². The fraction of sp³-hybridized carbons (Fsp3) is 0. The summed E-state index contributed by atoms with van der Waals surface area (Å²) in [5.41, 5.74) is 11.5. The Morgan fingerprint density at radius 1 is 1.00 bits per heavy atom. The third-order valence-corrected chi connectivity index (χ3v) is 2.79. The fourth-order valence-corrected chi connectivity index (χ4v) is 1.99. The number of aliphatic imine (C=N–C) groups is 1. The summed E-state index contributed by atoms with van der Waals surface area (Å²) in [5, 5.41) is 2.13. The van der Waals surface area contributed by atoms with E-state index in [0.717, 1.165) is 20.9 Å². The van der Waals surface area contributed by atoms with Gasteiger partial charge < -0.3 is 11.5 Å². The summed E-state index contributed by atoms with van der Waals surface area (Å²) >= 11 is 3.49. The molecule has 0 saturated carbocycles. The Labute approximate surface area is 95.9 Å². The molecule has 15 heavy (non-hydrogen) atoms. The molecule has 0 atom stereocenters. The zero-order valence-electron chi connectivity index (χ0n) is 7.94. The first-order chi connectivity index (χ1) is 7.18. The summed E-state index contributed by atoms with van der Waals surface area (Å²) in [6, 6.07) is 11.8. The molecule has 4 N–H and O–H groups in total. The van der Waals surface area contributed by atoms with Crippen molar-refractivity contribution in [3.05, 3.63) is 40.9 Å². The van der Waals surface area contributed by atoms with Crippen LogP contribution in [0.4, 0.5) is 5.69 Å². The molecule has 0 aliphatic heterocycles. The first-order valence-corrected chi connectivity index (χ1v) is 5.24. The molecule has 0 spiro atoms. The Kier molecular flexibility index (Phi) is 2.60. The Morgan fingerprint density at radius 2 is 1.67 bits per heavy atom. The molecule has 2 aromatic carbocycles. The molecule has 2 rings (SSSR count). The highest BCUT2D eigenvalue weighted by atomic mass is 79.9. The van der Waals surface area contributed by atoms with Crippen molar-refractivity contribution >= 4 is 38.3 Å². The summed E-state index contributed by atoms with van der Waals surface area (Å²) in [7, 11) is 0. The molecule has 0 amide bonds. The zero-order valence-corrected chi connectivity index (χ0v) is 9.53. The lowest BCUT2D eigenvalue weighted by atomic mass is 10.1. The second kappa shape index (κ2) is 3.90.